The van der Waals surface area contributed by atoms with Crippen LogP contribution in [-0.4, -0.2) is 80.8 Å². The predicted octanol–water partition coefficient (Wildman–Crippen LogP) is 7.87. The lowest BCUT2D eigenvalue weighted by molar-refractivity contribution is -0.143. The minimum atomic E-state index is -4.52. The van der Waals surface area contributed by atoms with Gasteiger partial charge in [0.15, 0.2) is 13.2 Å². The van der Waals surface area contributed by atoms with Crippen LogP contribution < -0.4 is 21.4 Å². The Labute approximate surface area is 345 Å². The molecular weight excluding hydrogens is 890 g/mol. The number of esters is 2. The molecule has 1 fully saturated rings. The zero-order valence-electron chi connectivity index (χ0n) is 30.8. The number of methoxy groups -OCH3 is 2. The Kier molecular flexibility index (Phi) is 28.8. The van der Waals surface area contributed by atoms with E-state index >= 15 is 0 Å². The third-order valence-electron chi connectivity index (χ3n) is 5.94. The van der Waals surface area contributed by atoms with E-state index < -0.39 is 66.1 Å². The molecule has 0 saturated carbocycles. The van der Waals surface area contributed by atoms with Gasteiger partial charge in [0.1, 0.15) is 17.2 Å². The lowest BCUT2D eigenvalue weighted by atomic mass is 10.2. The van der Waals surface area contributed by atoms with Crippen LogP contribution in [0.15, 0.2) is 54.6 Å². The minimum Gasteiger partial charge on any atom is -0.508 e. The summed E-state index contributed by atoms with van der Waals surface area (Å²) in [5, 5.41) is 16.4. The van der Waals surface area contributed by atoms with Crippen molar-refractivity contribution in [1.82, 2.24) is 6.15 Å². The van der Waals surface area contributed by atoms with Crippen LogP contribution in [0.3, 0.4) is 0 Å². The van der Waals surface area contributed by atoms with Gasteiger partial charge in [0.2, 0.25) is 0 Å². The lowest BCUT2D eigenvalue weighted by Gasteiger charge is -2.10. The molecule has 13 nitrogen and oxygen atoms in total. The predicted molar refractivity (Wildman–Crippen MR) is 196 cm³/mol. The topological polar surface area (TPSA) is 230 Å². The number of benzene rings is 3. The van der Waals surface area contributed by atoms with Crippen LogP contribution in [0.4, 0.5) is 39.5 Å². The summed E-state index contributed by atoms with van der Waals surface area (Å²) in [6, 6.07) is 7.79. The number of phenols is 1. The van der Waals surface area contributed by atoms with E-state index in [-0.39, 0.29) is 57.2 Å². The second kappa shape index (κ2) is 28.9. The standard InChI is InChI=1S/C10H8ClF3O3.C9H7ClF3NO2.C7H4ClF3O.C4H8O3.C4H8O.H3N.H2O/c1-16-9(15)5-17-8-3-6(10(12,13)14)2-7(11)4-8;10-6-1-5(9(11,12)13)2-7(3-6)16-4-8(14)15;8-5-1-4(7(9,10)11)2-6(12)3-5;1-7-4(6)2-3-5;1-2-4-5-3-1;;/h2-4H,5H2,1H3;1-3H,4H2,(H2,14,15);1-3,12H;5H,2-3H2,1H3;1-4H2;1H3;1H2. The molecule has 1 aliphatic heterocycles. The molecule has 59 heavy (non-hydrogen) atoms. The highest BCUT2D eigenvalue weighted by molar-refractivity contribution is 6.31. The van der Waals surface area contributed by atoms with Gasteiger partial charge < -0.3 is 51.3 Å². The van der Waals surface area contributed by atoms with Gasteiger partial charge in [-0.2, -0.15) is 39.5 Å². The fourth-order valence-corrected chi connectivity index (χ4v) is 4.10. The Balaban J connectivity index is -0.000000694. The molecule has 1 aliphatic rings. The molecule has 1 saturated heterocycles. The number of hydrogen-bond donors (Lipinski definition) is 4. The number of primary amides is 1. The molecule has 0 aromatic heterocycles. The van der Waals surface area contributed by atoms with Crippen LogP contribution in [0.5, 0.6) is 17.2 Å². The fourth-order valence-electron chi connectivity index (χ4n) is 3.42. The average molecular weight is 930 g/mol. The average Bonchev–Trinajstić information content (AvgIpc) is 3.69. The number of hydrogen-bond acceptors (Lipinski definition) is 11. The monoisotopic (exact) mass is 928 g/mol. The molecule has 0 aliphatic carbocycles. The maximum absolute atomic E-state index is 12.4. The largest absolute Gasteiger partial charge is 0.508 e. The third-order valence-corrected chi connectivity index (χ3v) is 6.60. The van der Waals surface area contributed by atoms with Gasteiger partial charge in [-0.1, -0.05) is 34.8 Å². The second-order valence-corrected chi connectivity index (χ2v) is 11.8. The molecule has 336 valence electrons. The Hall–Kier alpha value is -4.45. The smallest absolute Gasteiger partial charge is 0.416 e. The summed E-state index contributed by atoms with van der Waals surface area (Å²) in [5.74, 6) is -2.64. The first-order valence-corrected chi connectivity index (χ1v) is 16.6. The number of aromatic hydroxyl groups is 1. The highest BCUT2D eigenvalue weighted by Crippen LogP contribution is 2.36. The van der Waals surface area contributed by atoms with E-state index in [1.165, 1.54) is 32.1 Å². The number of rotatable bonds is 8. The van der Waals surface area contributed by atoms with E-state index in [9.17, 15) is 53.9 Å². The number of halogens is 12. The highest BCUT2D eigenvalue weighted by atomic mass is 35.5. The Bertz CT molecular complexity index is 1690. The van der Waals surface area contributed by atoms with Crippen molar-refractivity contribution in [2.45, 2.75) is 37.8 Å². The van der Waals surface area contributed by atoms with E-state index in [1.807, 2.05) is 0 Å². The maximum Gasteiger partial charge on any atom is 0.416 e. The number of nitrogens with two attached hydrogens (primary N) is 1. The van der Waals surface area contributed by atoms with Crippen LogP contribution >= 0.6 is 34.8 Å². The van der Waals surface area contributed by atoms with Crippen LogP contribution in [-0.2, 0) is 47.1 Å². The highest BCUT2D eigenvalue weighted by Gasteiger charge is 2.33. The molecule has 4 rings (SSSR count). The van der Waals surface area contributed by atoms with Crippen molar-refractivity contribution in [1.29, 1.82) is 0 Å². The molecule has 25 heteroatoms. The first-order valence-electron chi connectivity index (χ1n) is 15.5. The van der Waals surface area contributed by atoms with Gasteiger partial charge in [-0.25, -0.2) is 4.79 Å². The van der Waals surface area contributed by atoms with E-state index in [0.717, 1.165) is 56.7 Å². The molecule has 0 atom stereocenters. The first kappa shape index (κ1) is 58.9. The van der Waals surface area contributed by atoms with Gasteiger partial charge in [0.25, 0.3) is 5.91 Å². The molecule has 3 aromatic rings. The van der Waals surface area contributed by atoms with Gasteiger partial charge in [0, 0.05) is 28.3 Å². The van der Waals surface area contributed by atoms with Crippen molar-refractivity contribution >= 4 is 52.6 Å². The molecule has 9 N–H and O–H groups in total. The Morgan fingerprint density at radius 1 is 0.661 bits per heavy atom. The minimum absolute atomic E-state index is 0. The van der Waals surface area contributed by atoms with Crippen molar-refractivity contribution in [3.63, 3.8) is 0 Å². The molecular formula is C34H40Cl3F9N2O11. The van der Waals surface area contributed by atoms with Crippen molar-refractivity contribution in [3.8, 4) is 17.2 Å². The van der Waals surface area contributed by atoms with Crippen molar-refractivity contribution < 1.29 is 93.3 Å². The summed E-state index contributed by atoms with van der Waals surface area (Å²) >= 11 is 16.3. The summed E-state index contributed by atoms with van der Waals surface area (Å²) in [5.41, 5.74) is 1.95. The van der Waals surface area contributed by atoms with Crippen LogP contribution in [0.1, 0.15) is 36.0 Å². The SMILES string of the molecule is C1CCOC1.COC(=O)CCO.COC(=O)COc1cc(Cl)cc(C(F)(F)F)c1.N.NC(=O)COc1cc(Cl)cc(C(F)(F)F)c1.O.Oc1cc(Cl)cc(C(F)(F)F)c1. The fraction of sp³-hybridized carbons (Fsp3) is 0.382. The molecule has 0 unspecified atom stereocenters. The summed E-state index contributed by atoms with van der Waals surface area (Å²) in [4.78, 5) is 31.2. The van der Waals surface area contributed by atoms with Gasteiger partial charge >= 0.3 is 30.5 Å². The summed E-state index contributed by atoms with van der Waals surface area (Å²) < 4.78 is 133. The molecule has 1 heterocycles. The summed E-state index contributed by atoms with van der Waals surface area (Å²) in [7, 11) is 2.43. The van der Waals surface area contributed by atoms with Crippen LogP contribution in [0.25, 0.3) is 0 Å². The van der Waals surface area contributed by atoms with Crippen molar-refractivity contribution in [2.24, 2.45) is 5.73 Å². The summed E-state index contributed by atoms with van der Waals surface area (Å²) in [6.45, 7) is 0.887. The van der Waals surface area contributed by atoms with Crippen LogP contribution in [0.2, 0.25) is 15.1 Å². The van der Waals surface area contributed by atoms with E-state index in [1.54, 1.807) is 0 Å². The number of aliphatic hydroxyl groups is 1. The molecule has 3 aromatic carbocycles. The number of amides is 1. The molecule has 1 amide bonds. The van der Waals surface area contributed by atoms with Gasteiger partial charge in [-0.3, -0.25) is 9.59 Å². The zero-order valence-corrected chi connectivity index (χ0v) is 33.1. The van der Waals surface area contributed by atoms with Gasteiger partial charge in [0.05, 0.1) is 43.9 Å². The van der Waals surface area contributed by atoms with Gasteiger partial charge in [-0.15, -0.1) is 0 Å². The summed E-state index contributed by atoms with van der Waals surface area (Å²) in [6.07, 6.45) is -10.9. The quantitative estimate of drug-likeness (QED) is 0.125. The normalized spacial score (nSPS) is 11.6. The van der Waals surface area contributed by atoms with Crippen molar-refractivity contribution in [3.05, 3.63) is 86.4 Å². The van der Waals surface area contributed by atoms with Crippen molar-refractivity contribution in [2.75, 3.05) is 47.3 Å². The van der Waals surface area contributed by atoms with Gasteiger partial charge in [-0.05, 0) is 67.4 Å². The number of carbonyl (C=O) groups excluding carboxylic acids is 3. The Morgan fingerprint density at radius 3 is 1.32 bits per heavy atom. The molecule has 0 radical (unpaired) electrons. The number of phenolic OH excluding ortho intramolecular Hbond substituents is 1. The van der Waals surface area contributed by atoms with Crippen LogP contribution in [0, 0.1) is 0 Å². The lowest BCUT2D eigenvalue weighted by Crippen LogP contribution is -2.20. The number of carbonyl (C=O) groups is 3. The zero-order chi connectivity index (χ0) is 44.0. The molecule has 0 spiro atoms. The first-order chi connectivity index (χ1) is 26.3. The van der Waals surface area contributed by atoms with E-state index in [0.29, 0.717) is 6.07 Å². The number of ether oxygens (including phenoxy) is 5. The number of aliphatic hydroxyl groups excluding tert-OH is 1. The Morgan fingerprint density at radius 2 is 1.03 bits per heavy atom. The van der Waals surface area contributed by atoms with E-state index in [2.05, 4.69) is 9.47 Å². The third kappa shape index (κ3) is 27.8. The number of alkyl halides is 9. The molecule has 0 bridgehead atoms. The maximum atomic E-state index is 12.4. The van der Waals surface area contributed by atoms with E-state index in [4.69, 9.17) is 65.0 Å². The second-order valence-electron chi connectivity index (χ2n) is 10.5.